The van der Waals surface area contributed by atoms with Crippen molar-refractivity contribution in [3.05, 3.63) is 59.0 Å². The first-order chi connectivity index (χ1) is 14.0. The van der Waals surface area contributed by atoms with E-state index in [1.165, 1.54) is 5.56 Å². The average molecular weight is 492 g/mol. The summed E-state index contributed by atoms with van der Waals surface area (Å²) < 4.78 is 13.0. The van der Waals surface area contributed by atoms with E-state index in [0.717, 1.165) is 63.4 Å². The summed E-state index contributed by atoms with van der Waals surface area (Å²) in [6.45, 7) is 3.26. The molecule has 30 heavy (non-hydrogen) atoms. The number of halogens is 1. The Morgan fingerprint density at radius 2 is 1.67 bits per heavy atom. The summed E-state index contributed by atoms with van der Waals surface area (Å²) in [6.07, 6.45) is 1.69. The lowest BCUT2D eigenvalue weighted by Crippen LogP contribution is -3.00. The average Bonchev–Trinajstić information content (AvgIpc) is 3.16. The van der Waals surface area contributed by atoms with Crippen LogP contribution in [-0.4, -0.2) is 43.9 Å². The zero-order chi connectivity index (χ0) is 20.4. The van der Waals surface area contributed by atoms with Crippen LogP contribution < -0.4 is 26.5 Å². The molecule has 1 N–H and O–H groups in total. The van der Waals surface area contributed by atoms with Crippen LogP contribution in [0.15, 0.2) is 48.5 Å². The SMILES string of the molecule is COc1cc2cc(C(O)C3CC[N+](C)(Cc4ccccc4)CC3)sc2cc1OC.[Br-]. The fraction of sp³-hybridized carbons (Fsp3) is 0.417. The number of nitrogens with zero attached hydrogens (tertiary/aromatic N) is 1. The van der Waals surface area contributed by atoms with Crippen LogP contribution in [0.25, 0.3) is 10.1 Å². The third-order valence-electron chi connectivity index (χ3n) is 6.27. The molecule has 0 aliphatic carbocycles. The van der Waals surface area contributed by atoms with E-state index in [2.05, 4.69) is 43.4 Å². The Morgan fingerprint density at radius 3 is 2.30 bits per heavy atom. The van der Waals surface area contributed by atoms with E-state index in [9.17, 15) is 5.11 Å². The molecular weight excluding hydrogens is 462 g/mol. The number of hydrogen-bond acceptors (Lipinski definition) is 4. The number of piperidine rings is 1. The lowest BCUT2D eigenvalue weighted by molar-refractivity contribution is -0.928. The largest absolute Gasteiger partial charge is 1.00 e. The van der Waals surface area contributed by atoms with Gasteiger partial charge >= 0.3 is 0 Å². The quantitative estimate of drug-likeness (QED) is 0.536. The number of aliphatic hydroxyl groups excluding tert-OH is 1. The van der Waals surface area contributed by atoms with Crippen LogP contribution in [0.4, 0.5) is 0 Å². The molecular formula is C24H30BrNO3S. The highest BCUT2D eigenvalue weighted by Gasteiger charge is 2.34. The topological polar surface area (TPSA) is 38.7 Å². The molecule has 4 rings (SSSR count). The Bertz CT molecular complexity index is 926. The van der Waals surface area contributed by atoms with Crippen LogP contribution in [0.1, 0.15) is 29.4 Å². The number of benzene rings is 2. The molecule has 0 amide bonds. The molecule has 1 unspecified atom stereocenters. The fourth-order valence-corrected chi connectivity index (χ4v) is 5.63. The van der Waals surface area contributed by atoms with E-state index < -0.39 is 6.10 Å². The Kier molecular flexibility index (Phi) is 7.45. The molecule has 4 nitrogen and oxygen atoms in total. The van der Waals surface area contributed by atoms with Crippen LogP contribution in [0.2, 0.25) is 0 Å². The molecule has 2 aromatic carbocycles. The summed E-state index contributed by atoms with van der Waals surface area (Å²) in [5.74, 6) is 1.77. The number of quaternary nitrogens is 1. The van der Waals surface area contributed by atoms with Gasteiger partial charge in [-0.3, -0.25) is 0 Å². The number of fused-ring (bicyclic) bond motifs is 1. The minimum atomic E-state index is -0.408. The van der Waals surface area contributed by atoms with Gasteiger partial charge in [-0.05, 0) is 17.5 Å². The highest BCUT2D eigenvalue weighted by atomic mass is 79.9. The van der Waals surface area contributed by atoms with Crippen molar-refractivity contribution in [1.82, 2.24) is 0 Å². The molecule has 1 fully saturated rings. The number of hydrogen-bond donors (Lipinski definition) is 1. The molecule has 1 aliphatic heterocycles. The molecule has 1 aliphatic rings. The maximum atomic E-state index is 11.1. The molecule has 1 saturated heterocycles. The van der Waals surface area contributed by atoms with Gasteiger partial charge in [0.05, 0.1) is 40.5 Å². The maximum absolute atomic E-state index is 11.1. The third-order valence-corrected chi connectivity index (χ3v) is 7.43. The number of thiophene rings is 1. The van der Waals surface area contributed by atoms with Gasteiger partial charge in [0, 0.05) is 40.0 Å². The standard InChI is InChI=1S/C24H30NO3S.BrH/c1-25(16-17-7-5-4-6-8-17)11-9-18(10-12-25)24(26)23-14-19-13-20(27-2)21(28-3)15-22(19)29-23;/h4-8,13-15,18,24,26H,9-12,16H2,1-3H3;1H/q+1;/p-1. The maximum Gasteiger partial charge on any atom is 0.162 e. The second kappa shape index (κ2) is 9.69. The third kappa shape index (κ3) is 4.83. The minimum Gasteiger partial charge on any atom is -1.00 e. The van der Waals surface area contributed by atoms with Crippen LogP contribution in [0.5, 0.6) is 11.5 Å². The van der Waals surface area contributed by atoms with Gasteiger partial charge in [-0.2, -0.15) is 0 Å². The van der Waals surface area contributed by atoms with E-state index in [1.807, 2.05) is 12.1 Å². The van der Waals surface area contributed by atoms with Crippen LogP contribution in [-0.2, 0) is 6.54 Å². The monoisotopic (exact) mass is 491 g/mol. The molecule has 1 aromatic heterocycles. The van der Waals surface area contributed by atoms with E-state index in [4.69, 9.17) is 9.47 Å². The van der Waals surface area contributed by atoms with E-state index in [-0.39, 0.29) is 17.0 Å². The summed E-state index contributed by atoms with van der Waals surface area (Å²) in [7, 11) is 5.64. The van der Waals surface area contributed by atoms with E-state index in [0.29, 0.717) is 5.92 Å². The number of likely N-dealkylation sites (tertiary alicyclic amines) is 1. The lowest BCUT2D eigenvalue weighted by atomic mass is 9.89. The first-order valence-electron chi connectivity index (χ1n) is 10.2. The molecule has 6 heteroatoms. The Balaban J connectivity index is 0.00000256. The zero-order valence-electron chi connectivity index (χ0n) is 17.8. The lowest BCUT2D eigenvalue weighted by Gasteiger charge is -2.41. The predicted octanol–water partition coefficient (Wildman–Crippen LogP) is 2.01. The van der Waals surface area contributed by atoms with Gasteiger partial charge in [0.25, 0.3) is 0 Å². The van der Waals surface area contributed by atoms with Gasteiger partial charge in [-0.25, -0.2) is 0 Å². The normalized spacial score (nSPS) is 22.3. The van der Waals surface area contributed by atoms with Crippen molar-refractivity contribution < 1.29 is 36.0 Å². The van der Waals surface area contributed by atoms with Crippen molar-refractivity contribution in [3.8, 4) is 11.5 Å². The predicted molar refractivity (Wildman–Crippen MR) is 119 cm³/mol. The number of ether oxygens (including phenoxy) is 2. The Labute approximate surface area is 193 Å². The van der Waals surface area contributed by atoms with Crippen molar-refractivity contribution in [1.29, 1.82) is 0 Å². The van der Waals surface area contributed by atoms with Gasteiger partial charge in [-0.15, -0.1) is 11.3 Å². The molecule has 0 radical (unpaired) electrons. The van der Waals surface area contributed by atoms with Gasteiger partial charge in [0.15, 0.2) is 11.5 Å². The summed E-state index contributed by atoms with van der Waals surface area (Å²) >= 11 is 1.66. The minimum absolute atomic E-state index is 0. The molecule has 1 atom stereocenters. The van der Waals surface area contributed by atoms with E-state index in [1.54, 1.807) is 25.6 Å². The highest BCUT2D eigenvalue weighted by molar-refractivity contribution is 7.19. The number of methoxy groups -OCH3 is 2. The zero-order valence-corrected chi connectivity index (χ0v) is 20.2. The van der Waals surface area contributed by atoms with Crippen LogP contribution in [0, 0.1) is 5.92 Å². The summed E-state index contributed by atoms with van der Waals surface area (Å²) in [5, 5.41) is 12.2. The van der Waals surface area contributed by atoms with Crippen molar-refractivity contribution in [2.24, 2.45) is 5.92 Å². The molecule has 2 heterocycles. The van der Waals surface area contributed by atoms with Crippen molar-refractivity contribution >= 4 is 21.4 Å². The van der Waals surface area contributed by atoms with Crippen LogP contribution in [0.3, 0.4) is 0 Å². The smallest absolute Gasteiger partial charge is 0.162 e. The Morgan fingerprint density at radius 1 is 1.03 bits per heavy atom. The van der Waals surface area contributed by atoms with Gasteiger partial charge in [-0.1, -0.05) is 30.3 Å². The molecule has 162 valence electrons. The van der Waals surface area contributed by atoms with Crippen LogP contribution >= 0.6 is 11.3 Å². The second-order valence-corrected chi connectivity index (χ2v) is 9.50. The van der Waals surface area contributed by atoms with Gasteiger partial charge in [0.1, 0.15) is 6.54 Å². The molecule has 0 saturated carbocycles. The summed E-state index contributed by atoms with van der Waals surface area (Å²) in [5.41, 5.74) is 1.39. The fourth-order valence-electron chi connectivity index (χ4n) is 4.47. The van der Waals surface area contributed by atoms with Gasteiger partial charge in [0.2, 0.25) is 0 Å². The van der Waals surface area contributed by atoms with Crippen molar-refractivity contribution in [2.45, 2.75) is 25.5 Å². The summed E-state index contributed by atoms with van der Waals surface area (Å²) in [4.78, 5) is 1.04. The van der Waals surface area contributed by atoms with E-state index >= 15 is 0 Å². The van der Waals surface area contributed by atoms with Crippen molar-refractivity contribution in [2.75, 3.05) is 34.4 Å². The van der Waals surface area contributed by atoms with Crippen molar-refractivity contribution in [3.63, 3.8) is 0 Å². The molecule has 0 spiro atoms. The summed E-state index contributed by atoms with van der Waals surface area (Å²) in [6, 6.07) is 16.8. The number of rotatable bonds is 6. The first kappa shape index (κ1) is 23.1. The second-order valence-electron chi connectivity index (χ2n) is 8.39. The molecule has 3 aromatic rings. The Hall–Kier alpha value is -1.60. The number of aliphatic hydroxyl groups is 1. The highest BCUT2D eigenvalue weighted by Crippen LogP contribution is 2.41. The first-order valence-corrected chi connectivity index (χ1v) is 11.0. The van der Waals surface area contributed by atoms with Gasteiger partial charge < -0.3 is 36.0 Å². The molecule has 0 bridgehead atoms.